The van der Waals surface area contributed by atoms with Crippen molar-refractivity contribution in [2.24, 2.45) is 5.92 Å². The Morgan fingerprint density at radius 1 is 0.435 bits per heavy atom. The minimum Gasteiger partial charge on any atom is -0.466 e. The van der Waals surface area contributed by atoms with Crippen LogP contribution in [0, 0.1) is 5.92 Å². The summed E-state index contributed by atoms with van der Waals surface area (Å²) in [4.78, 5) is 64.9. The highest BCUT2D eigenvalue weighted by Crippen LogP contribution is 2.19. The van der Waals surface area contributed by atoms with E-state index in [1.165, 1.54) is 122 Å². The van der Waals surface area contributed by atoms with Crippen LogP contribution in [0.15, 0.2) is 0 Å². The van der Waals surface area contributed by atoms with Crippen molar-refractivity contribution < 1.29 is 52.4 Å². The third-order valence-corrected chi connectivity index (χ3v) is 13.1. The van der Waals surface area contributed by atoms with E-state index >= 15 is 0 Å². The zero-order valence-corrected chi connectivity index (χ0v) is 44.6. The van der Waals surface area contributed by atoms with Crippen molar-refractivity contribution in [3.63, 3.8) is 0 Å². The fourth-order valence-corrected chi connectivity index (χ4v) is 8.66. The number of hydrogen-bond donors (Lipinski definition) is 1. The Morgan fingerprint density at radius 2 is 0.884 bits per heavy atom. The summed E-state index contributed by atoms with van der Waals surface area (Å²) in [7, 11) is 0. The van der Waals surface area contributed by atoms with Gasteiger partial charge in [-0.3, -0.25) is 14.4 Å². The Kier molecular flexibility index (Phi) is 45.0. The number of rotatable bonds is 48. The number of hydrogen-bond acceptors (Lipinski definition) is 12. The number of unbranched alkanes of at least 4 members (excludes halogenated alkanes) is 23. The molecule has 404 valence electrons. The molecule has 1 heterocycles. The lowest BCUT2D eigenvalue weighted by Crippen LogP contribution is -2.31. The van der Waals surface area contributed by atoms with Crippen molar-refractivity contribution in [2.75, 3.05) is 59.2 Å². The van der Waals surface area contributed by atoms with Crippen LogP contribution in [0.2, 0.25) is 0 Å². The normalized spacial score (nSPS) is 13.2. The number of carbonyl (C=O) groups is 5. The summed E-state index contributed by atoms with van der Waals surface area (Å²) >= 11 is 0. The molecule has 13 heteroatoms. The first kappa shape index (κ1) is 63.9. The molecule has 13 nitrogen and oxygen atoms in total. The molecule has 0 aromatic heterocycles. The van der Waals surface area contributed by atoms with Gasteiger partial charge in [0.1, 0.15) is 25.9 Å². The van der Waals surface area contributed by atoms with Crippen LogP contribution in [-0.4, -0.2) is 100 Å². The van der Waals surface area contributed by atoms with Gasteiger partial charge < -0.3 is 38.6 Å². The molecule has 1 fully saturated rings. The van der Waals surface area contributed by atoms with E-state index in [9.17, 15) is 24.0 Å². The Bertz CT molecular complexity index is 1210. The minimum absolute atomic E-state index is 0.0408. The molecule has 1 N–H and O–H groups in total. The smallest absolute Gasteiger partial charge is 0.466 e. The molecule has 0 saturated carbocycles. The maximum Gasteiger partial charge on any atom is 0.508 e. The molecule has 0 radical (unpaired) electrons. The molecule has 1 atom stereocenters. The lowest BCUT2D eigenvalue weighted by atomic mass is 10.0. The largest absolute Gasteiger partial charge is 0.508 e. The third kappa shape index (κ3) is 43.4. The number of ether oxygens (including phenoxy) is 6. The number of esters is 3. The van der Waals surface area contributed by atoms with Gasteiger partial charge in [0.25, 0.3) is 0 Å². The van der Waals surface area contributed by atoms with Gasteiger partial charge in [-0.15, -0.1) is 0 Å². The van der Waals surface area contributed by atoms with E-state index in [4.69, 9.17) is 28.4 Å². The van der Waals surface area contributed by atoms with Crippen LogP contribution in [0.5, 0.6) is 0 Å². The van der Waals surface area contributed by atoms with Crippen LogP contribution < -0.4 is 5.32 Å². The number of piperidine rings is 1. The lowest BCUT2D eigenvalue weighted by molar-refractivity contribution is -0.150. The molecule has 0 bridgehead atoms. The molecular weight excluding hydrogens is 877 g/mol. The zero-order valence-electron chi connectivity index (χ0n) is 44.6. The second-order valence-corrected chi connectivity index (χ2v) is 19.7. The van der Waals surface area contributed by atoms with Gasteiger partial charge in [-0.1, -0.05) is 162 Å². The Hall–Kier alpha value is -3.09. The van der Waals surface area contributed by atoms with E-state index in [0.29, 0.717) is 51.7 Å². The number of nitrogens with zero attached hydrogens (tertiary/aromatic N) is 1. The van der Waals surface area contributed by atoms with Gasteiger partial charge in [0.15, 0.2) is 0 Å². The molecule has 1 rings (SSSR count). The average Bonchev–Trinajstić information content (AvgIpc) is 3.35. The summed E-state index contributed by atoms with van der Waals surface area (Å²) in [5.74, 6) is -1.26. The van der Waals surface area contributed by atoms with Crippen molar-refractivity contribution in [1.82, 2.24) is 10.2 Å². The first-order chi connectivity index (χ1) is 33.8. The number of likely N-dealkylation sites (tertiary alicyclic amines) is 1. The molecular formula is C56H104N2O11. The van der Waals surface area contributed by atoms with E-state index in [0.717, 1.165) is 90.3 Å². The quantitative estimate of drug-likeness (QED) is 0.0350. The Balaban J connectivity index is 2.36. The number of amides is 1. The SMILES string of the molecule is CCCCCCCCCCOC(=O)CCCCCC(=O)OCC(COC(=O)NCCCCCCCC(=O)OC(CCCCCCCC)CCCCCCCC)COC(=O)OCCCN1CCCCC1. The number of alkyl carbamates (subject to hydrolysis) is 1. The van der Waals surface area contributed by atoms with E-state index in [1.54, 1.807) is 0 Å². The first-order valence-corrected chi connectivity index (χ1v) is 28.7. The molecule has 1 saturated heterocycles. The highest BCUT2D eigenvalue weighted by molar-refractivity contribution is 5.70. The summed E-state index contributed by atoms with van der Waals surface area (Å²) in [6.07, 6.45) is 36.6. The highest BCUT2D eigenvalue weighted by atomic mass is 16.7. The predicted molar refractivity (Wildman–Crippen MR) is 276 cm³/mol. The molecule has 1 unspecified atom stereocenters. The summed E-state index contributed by atoms with van der Waals surface area (Å²) in [6, 6.07) is 0. The predicted octanol–water partition coefficient (Wildman–Crippen LogP) is 14.3. The molecule has 1 amide bonds. The number of nitrogens with one attached hydrogen (secondary N) is 1. The summed E-state index contributed by atoms with van der Waals surface area (Å²) in [5.41, 5.74) is 0. The molecule has 0 aromatic carbocycles. The van der Waals surface area contributed by atoms with Gasteiger partial charge in [0, 0.05) is 32.4 Å². The van der Waals surface area contributed by atoms with Crippen LogP contribution in [-0.2, 0) is 42.8 Å². The van der Waals surface area contributed by atoms with E-state index in [2.05, 4.69) is 31.0 Å². The van der Waals surface area contributed by atoms with Crippen molar-refractivity contribution in [1.29, 1.82) is 0 Å². The van der Waals surface area contributed by atoms with Gasteiger partial charge in [-0.2, -0.15) is 0 Å². The van der Waals surface area contributed by atoms with Crippen LogP contribution in [0.25, 0.3) is 0 Å². The van der Waals surface area contributed by atoms with Gasteiger partial charge in [0.05, 0.1) is 19.1 Å². The monoisotopic (exact) mass is 981 g/mol. The number of carbonyl (C=O) groups excluding carboxylic acids is 5. The molecule has 0 aromatic rings. The van der Waals surface area contributed by atoms with Crippen LogP contribution in [0.1, 0.15) is 258 Å². The second kappa shape index (κ2) is 48.5. The fourth-order valence-electron chi connectivity index (χ4n) is 8.66. The van der Waals surface area contributed by atoms with Crippen LogP contribution >= 0.6 is 0 Å². The summed E-state index contributed by atoms with van der Waals surface area (Å²) in [5, 5.41) is 2.78. The Labute approximate surface area is 421 Å². The molecule has 1 aliphatic heterocycles. The van der Waals surface area contributed by atoms with Crippen molar-refractivity contribution in [2.45, 2.75) is 264 Å². The van der Waals surface area contributed by atoms with Crippen molar-refractivity contribution in [3.8, 4) is 0 Å². The molecule has 69 heavy (non-hydrogen) atoms. The van der Waals surface area contributed by atoms with Crippen molar-refractivity contribution in [3.05, 3.63) is 0 Å². The topological polar surface area (TPSA) is 156 Å². The fraction of sp³-hybridized carbons (Fsp3) is 0.911. The van der Waals surface area contributed by atoms with Crippen molar-refractivity contribution >= 4 is 30.2 Å². The average molecular weight is 981 g/mol. The second-order valence-electron chi connectivity index (χ2n) is 19.7. The van der Waals surface area contributed by atoms with Crippen LogP contribution in [0.4, 0.5) is 9.59 Å². The van der Waals surface area contributed by atoms with Gasteiger partial charge in [-0.25, -0.2) is 9.59 Å². The van der Waals surface area contributed by atoms with Gasteiger partial charge in [0.2, 0.25) is 0 Å². The third-order valence-electron chi connectivity index (χ3n) is 13.1. The summed E-state index contributed by atoms with van der Waals surface area (Å²) in [6.45, 7) is 10.5. The zero-order chi connectivity index (χ0) is 50.1. The minimum atomic E-state index is -0.807. The van der Waals surface area contributed by atoms with Crippen LogP contribution in [0.3, 0.4) is 0 Å². The molecule has 1 aliphatic rings. The summed E-state index contributed by atoms with van der Waals surface area (Å²) < 4.78 is 33.0. The molecule has 0 spiro atoms. The molecule has 0 aliphatic carbocycles. The van der Waals surface area contributed by atoms with Gasteiger partial charge in [-0.05, 0) is 90.1 Å². The lowest BCUT2D eigenvalue weighted by Gasteiger charge is -2.26. The maximum atomic E-state index is 12.8. The Morgan fingerprint density at radius 3 is 1.48 bits per heavy atom. The first-order valence-electron chi connectivity index (χ1n) is 28.7. The van der Waals surface area contributed by atoms with Gasteiger partial charge >= 0.3 is 30.2 Å². The highest BCUT2D eigenvalue weighted by Gasteiger charge is 2.19. The van der Waals surface area contributed by atoms with E-state index in [1.807, 2.05) is 0 Å². The van der Waals surface area contributed by atoms with E-state index in [-0.39, 0.29) is 50.9 Å². The van der Waals surface area contributed by atoms with E-state index < -0.39 is 24.1 Å². The maximum absolute atomic E-state index is 12.8. The standard InChI is InChI=1S/C56H104N2O11/c1-4-7-10-13-16-17-23-34-45-64-52(59)38-29-24-30-39-53(60)66-47-50(49-68-56(63)65-46-35-44-58-42-32-25-33-43-58)48-67-55(62)57-41-31-22-18-21-28-40-54(61)69-51(36-26-19-14-11-8-5-2)37-27-20-15-12-9-6-3/h50-51H,4-49H2,1-3H3,(H,57,62).